The molecule has 1 aliphatic rings. The summed E-state index contributed by atoms with van der Waals surface area (Å²) < 4.78 is 10.3. The normalized spacial score (nSPS) is 23.5. The van der Waals surface area contributed by atoms with Gasteiger partial charge in [0.25, 0.3) is 5.82 Å². The highest BCUT2D eigenvalue weighted by Gasteiger charge is 2.34. The fraction of sp³-hybridized carbons (Fsp3) is 0.636. The molecule has 2 aromatic rings. The number of fused-ring (bicyclic) bond motifs is 1. The fourth-order valence-corrected chi connectivity index (χ4v) is 4.63. The lowest BCUT2D eigenvalue weighted by atomic mass is 9.75. The minimum absolute atomic E-state index is 0.0619. The third-order valence-corrected chi connectivity index (χ3v) is 6.08. The van der Waals surface area contributed by atoms with Crippen LogP contribution in [0.4, 0.5) is 0 Å². The molecular weight excluding hydrogens is 324 g/mol. The number of rotatable bonds is 5. The van der Waals surface area contributed by atoms with Crippen LogP contribution in [0.1, 0.15) is 52.8 Å². The summed E-state index contributed by atoms with van der Waals surface area (Å²) in [6.07, 6.45) is 4.35. The summed E-state index contributed by atoms with van der Waals surface area (Å²) in [6, 6.07) is 8.26. The van der Waals surface area contributed by atoms with Gasteiger partial charge in [-0.15, -0.1) is 0 Å². The van der Waals surface area contributed by atoms with E-state index in [0.29, 0.717) is 24.3 Å². The van der Waals surface area contributed by atoms with E-state index in [0.717, 1.165) is 29.7 Å². The van der Waals surface area contributed by atoms with E-state index in [1.54, 1.807) is 0 Å². The van der Waals surface area contributed by atoms with E-state index >= 15 is 0 Å². The van der Waals surface area contributed by atoms with Gasteiger partial charge in [-0.1, -0.05) is 46.2 Å². The zero-order valence-corrected chi connectivity index (χ0v) is 16.9. The first-order valence-corrected chi connectivity index (χ1v) is 10.1. The van der Waals surface area contributed by atoms with Crippen molar-refractivity contribution in [2.75, 3.05) is 0 Å². The smallest absolute Gasteiger partial charge is 0.348 e. The molecule has 3 rings (SSSR count). The van der Waals surface area contributed by atoms with E-state index in [2.05, 4.69) is 56.0 Å². The lowest BCUT2D eigenvalue weighted by Gasteiger charge is -2.36. The Bertz CT molecular complexity index is 778. The molecule has 1 heterocycles. The Morgan fingerprint density at radius 3 is 2.73 bits per heavy atom. The van der Waals surface area contributed by atoms with Gasteiger partial charge in [-0.2, -0.15) is 0 Å². The Morgan fingerprint density at radius 2 is 2.04 bits per heavy atom. The first kappa shape index (κ1) is 18.9. The second kappa shape index (κ2) is 7.81. The summed E-state index contributed by atoms with van der Waals surface area (Å²) in [7, 11) is 2.07. The highest BCUT2D eigenvalue weighted by Crippen LogP contribution is 2.35. The SMILES string of the molecule is CCc1n(CC(=O)O[C@@H]2C[C@H](C)CCC2C(C)C)c2ccccc2[n+]1C. The van der Waals surface area contributed by atoms with Gasteiger partial charge in [-0.25, -0.2) is 13.9 Å². The van der Waals surface area contributed by atoms with Crippen LogP contribution in [0.25, 0.3) is 11.0 Å². The molecule has 0 radical (unpaired) electrons. The number of ether oxygens (including phenoxy) is 1. The van der Waals surface area contributed by atoms with Crippen LogP contribution < -0.4 is 4.57 Å². The highest BCUT2D eigenvalue weighted by molar-refractivity contribution is 5.76. The average Bonchev–Trinajstić information content (AvgIpc) is 2.86. The lowest BCUT2D eigenvalue weighted by molar-refractivity contribution is -0.653. The fourth-order valence-electron chi connectivity index (χ4n) is 4.63. The summed E-state index contributed by atoms with van der Waals surface area (Å²) in [6.45, 7) is 9.19. The number of nitrogens with zero attached hydrogens (tertiary/aromatic N) is 2. The molecule has 0 spiro atoms. The van der Waals surface area contributed by atoms with Crippen LogP contribution in [0, 0.1) is 17.8 Å². The number of hydrogen-bond acceptors (Lipinski definition) is 2. The average molecular weight is 358 g/mol. The Balaban J connectivity index is 1.81. The van der Waals surface area contributed by atoms with Crippen LogP contribution in [0.5, 0.6) is 0 Å². The molecule has 1 unspecified atom stereocenters. The van der Waals surface area contributed by atoms with Gasteiger partial charge in [0.1, 0.15) is 6.10 Å². The number of esters is 1. The molecule has 4 heteroatoms. The molecule has 0 saturated heterocycles. The second-order valence-electron chi connectivity index (χ2n) is 8.26. The van der Waals surface area contributed by atoms with E-state index in [1.165, 1.54) is 12.8 Å². The zero-order chi connectivity index (χ0) is 18.8. The molecule has 4 nitrogen and oxygen atoms in total. The van der Waals surface area contributed by atoms with Gasteiger partial charge < -0.3 is 4.74 Å². The van der Waals surface area contributed by atoms with Crippen molar-refractivity contribution < 1.29 is 14.1 Å². The molecule has 1 aromatic carbocycles. The van der Waals surface area contributed by atoms with Crippen LogP contribution >= 0.6 is 0 Å². The number of aryl methyl sites for hydroxylation is 1. The molecule has 1 aromatic heterocycles. The van der Waals surface area contributed by atoms with Crippen LogP contribution in [0.2, 0.25) is 0 Å². The Kier molecular flexibility index (Phi) is 5.69. The maximum Gasteiger partial charge on any atom is 0.348 e. The molecule has 1 aliphatic carbocycles. The quantitative estimate of drug-likeness (QED) is 0.598. The van der Waals surface area contributed by atoms with Crippen molar-refractivity contribution in [3.63, 3.8) is 0 Å². The topological polar surface area (TPSA) is 35.1 Å². The van der Waals surface area contributed by atoms with Gasteiger partial charge in [-0.3, -0.25) is 0 Å². The molecule has 1 saturated carbocycles. The van der Waals surface area contributed by atoms with Crippen molar-refractivity contribution in [3.05, 3.63) is 30.1 Å². The number of para-hydroxylation sites is 2. The molecule has 3 atom stereocenters. The Hall–Kier alpha value is -1.84. The van der Waals surface area contributed by atoms with E-state index in [4.69, 9.17) is 4.74 Å². The van der Waals surface area contributed by atoms with E-state index in [1.807, 2.05) is 12.1 Å². The number of benzene rings is 1. The third-order valence-electron chi connectivity index (χ3n) is 6.08. The molecule has 0 bridgehead atoms. The number of carbonyl (C=O) groups excluding carboxylic acids is 1. The predicted molar refractivity (Wildman–Crippen MR) is 104 cm³/mol. The van der Waals surface area contributed by atoms with Gasteiger partial charge in [-0.05, 0) is 42.7 Å². The van der Waals surface area contributed by atoms with Gasteiger partial charge in [0.2, 0.25) is 0 Å². The van der Waals surface area contributed by atoms with Crippen molar-refractivity contribution in [2.24, 2.45) is 24.8 Å². The van der Waals surface area contributed by atoms with Crippen LogP contribution in [0.15, 0.2) is 24.3 Å². The van der Waals surface area contributed by atoms with Crippen molar-refractivity contribution in [2.45, 2.75) is 66.0 Å². The molecule has 0 aliphatic heterocycles. The molecular formula is C22H33N2O2+. The lowest BCUT2D eigenvalue weighted by Crippen LogP contribution is -2.37. The summed E-state index contributed by atoms with van der Waals surface area (Å²) in [5, 5.41) is 0. The number of aromatic nitrogens is 2. The highest BCUT2D eigenvalue weighted by atomic mass is 16.5. The summed E-state index contributed by atoms with van der Waals surface area (Å²) in [5.41, 5.74) is 2.25. The van der Waals surface area contributed by atoms with Crippen molar-refractivity contribution in [3.8, 4) is 0 Å². The van der Waals surface area contributed by atoms with Crippen LogP contribution in [-0.2, 0) is 29.5 Å². The van der Waals surface area contributed by atoms with Gasteiger partial charge in [0.15, 0.2) is 17.6 Å². The first-order chi connectivity index (χ1) is 12.4. The van der Waals surface area contributed by atoms with Crippen LogP contribution in [0.3, 0.4) is 0 Å². The molecule has 142 valence electrons. The predicted octanol–water partition coefficient (Wildman–Crippen LogP) is 4.03. The largest absolute Gasteiger partial charge is 0.459 e. The molecule has 0 amide bonds. The van der Waals surface area contributed by atoms with E-state index in [9.17, 15) is 4.79 Å². The maximum atomic E-state index is 12.8. The third kappa shape index (κ3) is 3.65. The molecule has 26 heavy (non-hydrogen) atoms. The molecule has 1 fully saturated rings. The standard InChI is InChI=1S/C22H33N2O2/c1-6-21-23(5)18-9-7-8-10-19(18)24(21)14-22(25)26-20-13-16(4)11-12-17(20)15(2)3/h7-10,15-17,20H,6,11-14H2,1-5H3/q+1/t16-,17?,20-/m1/s1. The second-order valence-corrected chi connectivity index (χ2v) is 8.26. The Morgan fingerprint density at radius 1 is 1.31 bits per heavy atom. The monoisotopic (exact) mass is 357 g/mol. The number of imidazole rings is 1. The summed E-state index contributed by atoms with van der Waals surface area (Å²) in [5.74, 6) is 2.72. The first-order valence-electron chi connectivity index (χ1n) is 10.1. The van der Waals surface area contributed by atoms with Crippen molar-refractivity contribution in [1.29, 1.82) is 0 Å². The van der Waals surface area contributed by atoms with Gasteiger partial charge >= 0.3 is 5.97 Å². The number of carbonyl (C=O) groups is 1. The van der Waals surface area contributed by atoms with Crippen LogP contribution in [-0.4, -0.2) is 16.6 Å². The van der Waals surface area contributed by atoms with Crippen molar-refractivity contribution in [1.82, 2.24) is 4.57 Å². The minimum atomic E-state index is -0.106. The number of hydrogen-bond donors (Lipinski definition) is 0. The zero-order valence-electron chi connectivity index (χ0n) is 16.9. The Labute approximate surface area is 157 Å². The van der Waals surface area contributed by atoms with Crippen molar-refractivity contribution >= 4 is 17.0 Å². The van der Waals surface area contributed by atoms with E-state index in [-0.39, 0.29) is 12.1 Å². The summed E-state index contributed by atoms with van der Waals surface area (Å²) >= 11 is 0. The van der Waals surface area contributed by atoms with E-state index < -0.39 is 0 Å². The van der Waals surface area contributed by atoms with Gasteiger partial charge in [0.05, 0.1) is 7.05 Å². The minimum Gasteiger partial charge on any atom is -0.459 e. The maximum absolute atomic E-state index is 12.8. The molecule has 0 N–H and O–H groups in total. The summed E-state index contributed by atoms with van der Waals surface area (Å²) in [4.78, 5) is 12.8. The van der Waals surface area contributed by atoms with Gasteiger partial charge in [0, 0.05) is 6.42 Å².